The molecule has 1 saturated carbocycles. The van der Waals surface area contributed by atoms with E-state index in [0.29, 0.717) is 28.5 Å². The van der Waals surface area contributed by atoms with Crippen LogP contribution in [-0.2, 0) is 52.6 Å². The van der Waals surface area contributed by atoms with Crippen molar-refractivity contribution in [3.8, 4) is 79.6 Å². The van der Waals surface area contributed by atoms with E-state index in [4.69, 9.17) is 73.4 Å². The van der Waals surface area contributed by atoms with E-state index < -0.39 is 248 Å². The Bertz CT molecular complexity index is 6490. The summed E-state index contributed by atoms with van der Waals surface area (Å²) in [5.41, 5.74) is 9.20. The lowest BCUT2D eigenvalue weighted by Gasteiger charge is -2.43. The van der Waals surface area contributed by atoms with E-state index in [2.05, 4.69) is 57.9 Å². The van der Waals surface area contributed by atoms with Crippen molar-refractivity contribution in [3.05, 3.63) is 198 Å². The Morgan fingerprint density at radius 2 is 1.34 bits per heavy atom. The number of phenols is 3. The van der Waals surface area contributed by atoms with E-state index >= 15 is 28.8 Å². The summed E-state index contributed by atoms with van der Waals surface area (Å²) in [5.74, 6) is -17.5. The van der Waals surface area contributed by atoms with Gasteiger partial charge < -0.3 is 132 Å². The standard InChI is InChI=1S/C92H90Cl3N13O26/c1-34(2)20-54(108(7)91-106-89(95)105-90(107-91)98-42-12-15-45(48(27-42)87(126)127)66-46-14-8-35(3)21-59(46)131-60-30-43(111)13-16-47(60)66)82(121)103-72-74(116)39-10-18-57(51(93)23-39)129-61-25-41-26-62(78(61)134-88-80(77(119)76(118)64(33-109)132-88)133-79-63-32-92(6,97)68(79)37(5)128-63)130-58-19-11-40(24-52(58)94)75(117)73-86(125)100-69(36(4)110)50-28-44(112)29-56(114)67(50)49-22-38(9-17-55(49)113)70(83(122)104-73)102-84(123)71(41)101-81(120)53(31-65(96)115)99-85(72)124/h8-19,21-30,34,37,53-54,63-64,68-77,79-80,88,109,112-114,116-119H,20,31-33,97H2,1-7H3,(H2,96,115)(H,99,124)(H,100,125)(H,101,120)(H,102,123)(H,103,121)(H,104,122)(H,126,127)(H,98,105,106,107)/p+1/t37?,53-,54+,63?,64?,68?,69+,70+,71+,72+,73-,74+,75+,76?,77?,79?,80?,88?,92-/m0/s1. The number of fused-ring (bicyclic) bond motifs is 19. The Kier molecular flexibility index (Phi) is 26.0. The first-order valence-corrected chi connectivity index (χ1v) is 43.4. The van der Waals surface area contributed by atoms with Gasteiger partial charge >= 0.3 is 5.97 Å². The molecule has 9 heterocycles. The van der Waals surface area contributed by atoms with Crippen LogP contribution in [0.3, 0.4) is 0 Å². The Morgan fingerprint density at radius 1 is 0.679 bits per heavy atom. The van der Waals surface area contributed by atoms with Crippen molar-refractivity contribution in [2.75, 3.05) is 23.9 Å². The maximum atomic E-state index is 16.5. The molecule has 10 aliphatic rings. The quantitative estimate of drug-likeness (QED) is 0.0441. The minimum atomic E-state index is -2.39. The van der Waals surface area contributed by atoms with Crippen LogP contribution < -0.4 is 73.2 Å². The number of aliphatic hydroxyl groups is 5. The lowest BCUT2D eigenvalue weighted by molar-refractivity contribution is -0.492. The number of quaternary nitrogens is 1. The predicted octanol–water partition coefficient (Wildman–Crippen LogP) is 5.96. The van der Waals surface area contributed by atoms with Crippen LogP contribution in [0, 0.1) is 18.8 Å². The van der Waals surface area contributed by atoms with E-state index in [0.717, 1.165) is 67.1 Å². The molecule has 1 aromatic heterocycles. The molecule has 42 heteroatoms. The van der Waals surface area contributed by atoms with E-state index in [1.807, 2.05) is 26.8 Å². The van der Waals surface area contributed by atoms with E-state index in [-0.39, 0.29) is 85.6 Å². The molecular formula is C92H91Cl3N13O26+. The van der Waals surface area contributed by atoms with Crippen LogP contribution in [0.5, 0.6) is 46.0 Å². The number of aromatic nitrogens is 3. The summed E-state index contributed by atoms with van der Waals surface area (Å²) in [7, 11) is 1.39. The maximum Gasteiger partial charge on any atom is 0.336 e. The number of ether oxygens (including phenoxy) is 6. The number of nitrogens with zero attached hydrogens (tertiary/aromatic N) is 4. The third kappa shape index (κ3) is 18.5. The van der Waals surface area contributed by atoms with Gasteiger partial charge in [0, 0.05) is 58.9 Å². The van der Waals surface area contributed by atoms with Gasteiger partial charge in [0.05, 0.1) is 52.9 Å². The van der Waals surface area contributed by atoms with Crippen LogP contribution in [0.25, 0.3) is 44.5 Å². The molecule has 7 amide bonds. The summed E-state index contributed by atoms with van der Waals surface area (Å²) in [5, 5.41) is 123. The highest BCUT2D eigenvalue weighted by Crippen LogP contribution is 2.53. The van der Waals surface area contributed by atoms with Gasteiger partial charge in [-0.2, -0.15) is 15.0 Å². The third-order valence-electron chi connectivity index (χ3n) is 24.6. The number of aliphatic hydroxyl groups excluding tert-OH is 5. The molecule has 9 unspecified atom stereocenters. The summed E-state index contributed by atoms with van der Waals surface area (Å²) in [4.78, 5) is 162. The number of halogens is 3. The minimum absolute atomic E-state index is 0.102. The number of hydrogen-bond acceptors (Lipinski definition) is 30. The predicted molar refractivity (Wildman–Crippen MR) is 476 cm³/mol. The number of amides is 7. The van der Waals surface area contributed by atoms with Crippen molar-refractivity contribution in [2.45, 2.75) is 170 Å². The molecule has 700 valence electrons. The topological polar surface area (TPSA) is 601 Å². The lowest BCUT2D eigenvalue weighted by atomic mass is 9.85. The second kappa shape index (κ2) is 37.2. The van der Waals surface area contributed by atoms with E-state index in [1.54, 1.807) is 38.1 Å². The second-order valence-electron chi connectivity index (χ2n) is 34.6. The molecular weight excluding hydrogens is 1810 g/mol. The fourth-order valence-corrected chi connectivity index (χ4v) is 18.8. The van der Waals surface area contributed by atoms with E-state index in [1.165, 1.54) is 60.5 Å². The molecule has 21 N–H and O–H groups in total. The first-order chi connectivity index (χ1) is 63.6. The molecule has 7 aromatic carbocycles. The zero-order chi connectivity index (χ0) is 96.0. The van der Waals surface area contributed by atoms with Gasteiger partial charge in [0.25, 0.3) is 0 Å². The largest absolute Gasteiger partial charge is 0.508 e. The average Bonchev–Trinajstić information content (AvgIpc) is 1.62. The van der Waals surface area contributed by atoms with Gasteiger partial charge in [-0.1, -0.05) is 73.4 Å². The van der Waals surface area contributed by atoms with Crippen molar-refractivity contribution < 1.29 is 128 Å². The number of primary amides is 1. The number of rotatable bonds is 18. The Labute approximate surface area is 775 Å². The average molecular weight is 1900 g/mol. The number of hydrogen-bond donors (Lipinski definition) is 18. The number of nitrogens with one attached hydrogen (secondary N) is 7. The first-order valence-electron chi connectivity index (χ1n) is 42.3. The molecule has 2 aliphatic carbocycles. The number of benzene rings is 8. The fourth-order valence-electron chi connectivity index (χ4n) is 18.2. The number of phenolic OH excluding ortho intramolecular Hbond substituents is 3. The summed E-state index contributed by atoms with van der Waals surface area (Å²) in [6.45, 7) is 9.13. The highest BCUT2D eigenvalue weighted by atomic mass is 35.5. The summed E-state index contributed by atoms with van der Waals surface area (Å²) in [6, 6.07) is 13.4. The summed E-state index contributed by atoms with van der Waals surface area (Å²) < 4.78 is 46.0. The van der Waals surface area contributed by atoms with Crippen LogP contribution in [0.15, 0.2) is 143 Å². The van der Waals surface area contributed by atoms with Crippen LogP contribution >= 0.6 is 34.8 Å². The number of aromatic hydroxyl groups is 3. The van der Waals surface area contributed by atoms with Gasteiger partial charge in [0.2, 0.25) is 70.6 Å². The molecule has 8 aliphatic heterocycles. The number of anilines is 3. The number of nitrogens with two attached hydrogens (primary N) is 1. The molecule has 0 radical (unpaired) electrons. The number of carbonyl (C=O) groups excluding carboxylic acids is 8. The normalized spacial score (nSPS) is 25.8. The van der Waals surface area contributed by atoms with E-state index in [9.17, 15) is 65.1 Å². The van der Waals surface area contributed by atoms with Crippen molar-refractivity contribution in [3.63, 3.8) is 0 Å². The molecule has 3 fully saturated rings. The lowest BCUT2D eigenvalue weighted by Crippen LogP contribution is -2.75. The maximum absolute atomic E-state index is 16.5. The van der Waals surface area contributed by atoms with Crippen LogP contribution in [-0.4, -0.2) is 206 Å². The Hall–Kier alpha value is -13.4. The third-order valence-corrected chi connectivity index (χ3v) is 25.3. The molecule has 19 atom stereocenters. The van der Waals surface area contributed by atoms with Crippen molar-refractivity contribution in [2.24, 2.45) is 17.6 Å². The number of aromatic carboxylic acids is 1. The highest BCUT2D eigenvalue weighted by molar-refractivity contribution is 6.32. The highest BCUT2D eigenvalue weighted by Gasteiger charge is 2.63. The van der Waals surface area contributed by atoms with Gasteiger partial charge in [0.1, 0.15) is 125 Å². The molecule has 0 spiro atoms. The number of ketones is 1. The number of carboxylic acid groups (broad SMARTS) is 1. The van der Waals surface area contributed by atoms with Crippen LogP contribution in [0.1, 0.15) is 128 Å². The molecule has 8 aromatic rings. The zero-order valence-corrected chi connectivity index (χ0v) is 74.4. The number of carbonyl (C=O) groups is 9. The second-order valence-corrected chi connectivity index (χ2v) is 35.8. The van der Waals surface area contributed by atoms with Crippen molar-refractivity contribution >= 4 is 116 Å². The Morgan fingerprint density at radius 3 is 1.99 bits per heavy atom. The van der Waals surface area contributed by atoms with Gasteiger partial charge in [-0.3, -0.25) is 43.2 Å². The molecule has 134 heavy (non-hydrogen) atoms. The Balaban J connectivity index is 0.816. The van der Waals surface area contributed by atoms with Crippen molar-refractivity contribution in [1.29, 1.82) is 0 Å². The smallest absolute Gasteiger partial charge is 0.336 e. The van der Waals surface area contributed by atoms with Gasteiger partial charge in [-0.15, -0.1) is 0 Å². The first kappa shape index (κ1) is 93.8. The van der Waals surface area contributed by atoms with Crippen molar-refractivity contribution in [1.82, 2.24) is 46.9 Å². The molecule has 18 rings (SSSR count). The number of aryl methyl sites for hydroxylation is 1. The van der Waals surface area contributed by atoms with Gasteiger partial charge in [-0.05, 0) is 176 Å². The number of carboxylic acids is 1. The SMILES string of the molecule is CC(=O)[C@H]1NC(=O)[C@H]2NC(=O)[C@H](NC(=O)[C@@H]3NC(=O)[C@H](CC(N)=O)NC(=O)[C@H](NC(=O)[C@@H](CC(C)C)N(C)c4nc(Cl)nc(Nc5ccc(-c6c7ccc(=O)cc-7oc7cc(C)ccc67)c(C(=O)O)c5)n4)[C@H](O)c4ccc(c(Cl)c4)Oc4cc3cc(c4OC3OC(CO)C(O)C(O)C3OC3C4C[C@](C)([NH3+])C3C(C)O4)Oc3ccc(cc3Cl)[C@H]2O)c2ccc(O)c(c2)-c2c(O)cc(O)cc21. The summed E-state index contributed by atoms with van der Waals surface area (Å²) >= 11 is 21.2. The molecule has 13 bridgehead atoms. The summed E-state index contributed by atoms with van der Waals surface area (Å²) in [6.07, 6.45) is -16.5. The molecule has 39 nitrogen and oxygen atoms in total. The number of Topliss-reactive ketones (excluding diaryl/α,β-unsaturated/α-hetero) is 1. The molecule has 2 saturated heterocycles. The number of likely N-dealkylation sites (N-methyl/N-ethyl adjacent to an activating group) is 1. The zero-order valence-electron chi connectivity index (χ0n) is 72.2. The fraction of sp³-hybridized carbons (Fsp3) is 0.337. The van der Waals surface area contributed by atoms with Gasteiger partial charge in [0.15, 0.2) is 22.7 Å². The monoisotopic (exact) mass is 1900 g/mol. The van der Waals surface area contributed by atoms with Crippen LogP contribution in [0.2, 0.25) is 15.3 Å². The van der Waals surface area contributed by atoms with Gasteiger partial charge in [-0.25, -0.2) is 4.79 Å². The van der Waals surface area contributed by atoms with Crippen LogP contribution in [0.4, 0.5) is 17.6 Å². The minimum Gasteiger partial charge on any atom is -0.508 e.